The van der Waals surface area contributed by atoms with Crippen LogP contribution in [0.15, 0.2) is 59.6 Å². The second-order valence-corrected chi connectivity index (χ2v) is 12.7. The fourth-order valence-electron chi connectivity index (χ4n) is 4.73. The van der Waals surface area contributed by atoms with Crippen molar-refractivity contribution in [3.63, 3.8) is 0 Å². The molecule has 1 saturated carbocycles. The number of morpholine rings is 1. The van der Waals surface area contributed by atoms with E-state index in [0.29, 0.717) is 24.6 Å². The number of para-hydroxylation sites is 1. The quantitative estimate of drug-likeness (QED) is 0.524. The first-order chi connectivity index (χ1) is 16.1. The number of halogens is 1. The van der Waals surface area contributed by atoms with Crippen molar-refractivity contribution in [1.29, 1.82) is 0 Å². The van der Waals surface area contributed by atoms with Crippen LogP contribution < -0.4 is 5.30 Å². The second kappa shape index (κ2) is 8.13. The van der Waals surface area contributed by atoms with E-state index in [0.717, 1.165) is 48.4 Å². The molecule has 1 saturated heterocycles. The molecular weight excluding hydrogens is 456 g/mol. The van der Waals surface area contributed by atoms with E-state index < -0.39 is 6.34 Å². The molecule has 0 spiro atoms. The van der Waals surface area contributed by atoms with Gasteiger partial charge in [-0.25, -0.2) is 14.1 Å². The predicted octanol–water partition coefficient (Wildman–Crippen LogP) is 4.14. The summed E-state index contributed by atoms with van der Waals surface area (Å²) in [7, 11) is 0. The standard InChI is InChI=1S/C24H25FN5OPS/c1-17-22-24(29(27-17)18-7-3-2-4-8-18)26-23(20-9-5-6-10-21(20)25)30(19-11-12-19)32(22,33)28-13-15-31-16-14-28/h2-10,19H,11-16H2,1H3. The van der Waals surface area contributed by atoms with Crippen molar-refractivity contribution in [3.8, 4) is 5.69 Å². The number of benzene rings is 2. The van der Waals surface area contributed by atoms with E-state index in [2.05, 4.69) is 9.34 Å². The maximum absolute atomic E-state index is 15.1. The lowest BCUT2D eigenvalue weighted by atomic mass is 10.2. The normalized spacial score (nSPS) is 23.3. The lowest BCUT2D eigenvalue weighted by molar-refractivity contribution is 0.0735. The molecule has 1 atom stereocenters. The van der Waals surface area contributed by atoms with Gasteiger partial charge in [-0.1, -0.05) is 42.1 Å². The van der Waals surface area contributed by atoms with E-state index in [-0.39, 0.29) is 11.9 Å². The number of ether oxygens (including phenoxy) is 1. The van der Waals surface area contributed by atoms with Crippen LogP contribution in [-0.2, 0) is 16.5 Å². The van der Waals surface area contributed by atoms with Crippen LogP contribution in [0.5, 0.6) is 0 Å². The Hall–Kier alpha value is -2.38. The number of nitrogens with zero attached hydrogens (tertiary/aromatic N) is 5. The van der Waals surface area contributed by atoms with E-state index in [1.54, 1.807) is 6.07 Å². The van der Waals surface area contributed by atoms with Crippen molar-refractivity contribution < 1.29 is 9.13 Å². The zero-order valence-electron chi connectivity index (χ0n) is 18.4. The monoisotopic (exact) mass is 481 g/mol. The summed E-state index contributed by atoms with van der Waals surface area (Å²) in [6.07, 6.45) is -0.444. The van der Waals surface area contributed by atoms with Crippen LogP contribution in [0.2, 0.25) is 0 Å². The molecular formula is C24H25FN5OPS. The number of hydrogen-bond acceptors (Lipinski definition) is 4. The first kappa shape index (κ1) is 21.2. The highest BCUT2D eigenvalue weighted by molar-refractivity contribution is 8.16. The van der Waals surface area contributed by atoms with Crippen molar-refractivity contribution in [1.82, 2.24) is 19.1 Å². The number of aliphatic imine (C=N–C) groups is 1. The van der Waals surface area contributed by atoms with Gasteiger partial charge in [-0.3, -0.25) is 4.67 Å². The Kier molecular flexibility index (Phi) is 5.22. The van der Waals surface area contributed by atoms with Crippen LogP contribution in [-0.4, -0.2) is 57.3 Å². The van der Waals surface area contributed by atoms with Crippen molar-refractivity contribution >= 4 is 35.1 Å². The first-order valence-electron chi connectivity index (χ1n) is 11.3. The summed E-state index contributed by atoms with van der Waals surface area (Å²) >= 11 is 6.69. The third kappa shape index (κ3) is 3.39. The lowest BCUT2D eigenvalue weighted by Crippen LogP contribution is -2.47. The molecule has 170 valence electrons. The number of rotatable bonds is 4. The van der Waals surface area contributed by atoms with Crippen molar-refractivity contribution in [2.45, 2.75) is 25.8 Å². The third-order valence-corrected chi connectivity index (χ3v) is 11.5. The molecule has 9 heteroatoms. The van der Waals surface area contributed by atoms with Gasteiger partial charge in [0.05, 0.1) is 35.5 Å². The van der Waals surface area contributed by atoms with Crippen LogP contribution in [0.25, 0.3) is 5.69 Å². The SMILES string of the molecule is Cc1nn(-c2ccccc2)c2c1P(=S)(N1CCOCC1)N(C1CC1)C(c1ccccc1F)=N2. The zero-order chi connectivity index (χ0) is 22.6. The van der Waals surface area contributed by atoms with E-state index in [9.17, 15) is 0 Å². The lowest BCUT2D eigenvalue weighted by Gasteiger charge is -2.47. The molecule has 0 bridgehead atoms. The molecule has 6 nitrogen and oxygen atoms in total. The summed E-state index contributed by atoms with van der Waals surface area (Å²) in [6.45, 7) is 4.81. The molecule has 3 heterocycles. The molecule has 1 unspecified atom stereocenters. The van der Waals surface area contributed by atoms with Crippen molar-refractivity contribution in [2.24, 2.45) is 4.99 Å². The Morgan fingerprint density at radius 1 is 1.03 bits per heavy atom. The van der Waals surface area contributed by atoms with E-state index >= 15 is 4.39 Å². The minimum atomic E-state index is -2.52. The Balaban J connectivity index is 1.65. The summed E-state index contributed by atoms with van der Waals surface area (Å²) in [5.74, 6) is 1.08. The van der Waals surface area contributed by atoms with Gasteiger partial charge in [-0.2, -0.15) is 5.10 Å². The van der Waals surface area contributed by atoms with Crippen molar-refractivity contribution in [3.05, 3.63) is 71.7 Å². The van der Waals surface area contributed by atoms with Gasteiger partial charge in [-0.05, 0) is 44.0 Å². The highest BCUT2D eigenvalue weighted by atomic mass is 32.4. The summed E-state index contributed by atoms with van der Waals surface area (Å²) in [4.78, 5) is 5.11. The highest BCUT2D eigenvalue weighted by Gasteiger charge is 2.50. The maximum Gasteiger partial charge on any atom is 0.169 e. The van der Waals surface area contributed by atoms with E-state index in [1.165, 1.54) is 6.07 Å². The largest absolute Gasteiger partial charge is 0.379 e. The van der Waals surface area contributed by atoms with Crippen LogP contribution in [0.3, 0.4) is 0 Å². The molecule has 6 rings (SSSR count). The van der Waals surface area contributed by atoms with Gasteiger partial charge < -0.3 is 9.41 Å². The molecule has 1 aromatic heterocycles. The minimum absolute atomic E-state index is 0.268. The summed E-state index contributed by atoms with van der Waals surface area (Å²) < 4.78 is 27.4. The van der Waals surface area contributed by atoms with Gasteiger partial charge in [0, 0.05) is 19.1 Å². The van der Waals surface area contributed by atoms with Crippen LogP contribution in [0, 0.1) is 12.7 Å². The first-order valence-corrected chi connectivity index (χ1v) is 14.0. The Morgan fingerprint density at radius 2 is 1.73 bits per heavy atom. The molecule has 2 aliphatic heterocycles. The molecule has 0 amide bonds. The number of aromatic nitrogens is 2. The maximum atomic E-state index is 15.1. The molecule has 2 aromatic carbocycles. The van der Waals surface area contributed by atoms with E-state index in [1.807, 2.05) is 54.1 Å². The molecule has 0 N–H and O–H groups in total. The van der Waals surface area contributed by atoms with Gasteiger partial charge in [0.15, 0.2) is 5.82 Å². The molecule has 2 fully saturated rings. The zero-order valence-corrected chi connectivity index (χ0v) is 20.1. The molecule has 3 aromatic rings. The van der Waals surface area contributed by atoms with Crippen molar-refractivity contribution in [2.75, 3.05) is 26.3 Å². The number of aryl methyl sites for hydroxylation is 1. The van der Waals surface area contributed by atoms with E-state index in [4.69, 9.17) is 26.6 Å². The summed E-state index contributed by atoms with van der Waals surface area (Å²) in [6, 6.07) is 17.1. The van der Waals surface area contributed by atoms with Gasteiger partial charge >= 0.3 is 0 Å². The average Bonchev–Trinajstić information content (AvgIpc) is 3.62. The Morgan fingerprint density at radius 3 is 2.42 bits per heavy atom. The molecule has 1 aliphatic carbocycles. The Labute approximate surface area is 197 Å². The van der Waals surface area contributed by atoms with Gasteiger partial charge in [0.2, 0.25) is 0 Å². The Bertz CT molecular complexity index is 1280. The summed E-state index contributed by atoms with van der Waals surface area (Å²) in [5, 5.41) is 5.93. The minimum Gasteiger partial charge on any atom is -0.379 e. The third-order valence-electron chi connectivity index (χ3n) is 6.40. The number of amidine groups is 1. The predicted molar refractivity (Wildman–Crippen MR) is 132 cm³/mol. The van der Waals surface area contributed by atoms with Gasteiger partial charge in [0.1, 0.15) is 18.0 Å². The second-order valence-electron chi connectivity index (χ2n) is 8.61. The molecule has 0 radical (unpaired) electrons. The fourth-order valence-corrected chi connectivity index (χ4v) is 9.92. The highest BCUT2D eigenvalue weighted by Crippen LogP contribution is 2.62. The van der Waals surface area contributed by atoms with Crippen LogP contribution in [0.4, 0.5) is 10.2 Å². The van der Waals surface area contributed by atoms with Crippen LogP contribution >= 0.6 is 6.34 Å². The fraction of sp³-hybridized carbons (Fsp3) is 0.333. The molecule has 3 aliphatic rings. The van der Waals surface area contributed by atoms with Gasteiger partial charge in [0.25, 0.3) is 0 Å². The number of hydrogen-bond donors (Lipinski definition) is 0. The topological polar surface area (TPSA) is 45.9 Å². The average molecular weight is 482 g/mol. The molecule has 33 heavy (non-hydrogen) atoms. The summed E-state index contributed by atoms with van der Waals surface area (Å²) in [5.41, 5.74) is 2.31. The van der Waals surface area contributed by atoms with Crippen LogP contribution in [0.1, 0.15) is 24.1 Å². The van der Waals surface area contributed by atoms with Gasteiger partial charge in [-0.15, -0.1) is 0 Å². The number of fused-ring (bicyclic) bond motifs is 1. The smallest absolute Gasteiger partial charge is 0.169 e.